The fraction of sp³-hybridized carbons (Fsp3) is 0.185. The van der Waals surface area contributed by atoms with Gasteiger partial charge >= 0.3 is 5.97 Å². The summed E-state index contributed by atoms with van der Waals surface area (Å²) in [5.41, 5.74) is 3.34. The molecule has 1 aromatic heterocycles. The molecule has 4 aromatic rings. The van der Waals surface area contributed by atoms with Crippen molar-refractivity contribution in [2.45, 2.75) is 32.7 Å². The van der Waals surface area contributed by atoms with Crippen LogP contribution in [0.1, 0.15) is 57.7 Å². The number of aromatic nitrogens is 3. The smallest absolute Gasteiger partial charge is 0.336 e. The number of carbonyl (C=O) groups excluding carboxylic acids is 1. The Kier molecular flexibility index (Phi) is 6.74. The minimum absolute atomic E-state index is 0.187. The molecule has 0 amide bonds. The lowest BCUT2D eigenvalue weighted by atomic mass is 9.99. The summed E-state index contributed by atoms with van der Waals surface area (Å²) in [4.78, 5) is 28.9. The quantitative estimate of drug-likeness (QED) is 0.359. The lowest BCUT2D eigenvalue weighted by Crippen LogP contribution is -2.08. The number of aryl methyl sites for hydroxylation is 1. The van der Waals surface area contributed by atoms with Gasteiger partial charge in [-0.3, -0.25) is 4.79 Å². The lowest BCUT2D eigenvalue weighted by molar-refractivity contribution is 0.0697. The number of unbranched alkanes of at least 4 members (excludes halogenated alkanes) is 1. The van der Waals surface area contributed by atoms with Crippen molar-refractivity contribution in [2.75, 3.05) is 0 Å². The normalized spacial score (nSPS) is 10.8. The van der Waals surface area contributed by atoms with Gasteiger partial charge in [-0.2, -0.15) is 0 Å². The van der Waals surface area contributed by atoms with Crippen molar-refractivity contribution in [3.8, 4) is 11.1 Å². The molecule has 0 unspecified atom stereocenters. The van der Waals surface area contributed by atoms with Gasteiger partial charge in [0.15, 0.2) is 0 Å². The molecule has 0 saturated carbocycles. The van der Waals surface area contributed by atoms with Crippen molar-refractivity contribution in [1.82, 2.24) is 14.8 Å². The number of carboxylic acids is 1. The third-order valence-electron chi connectivity index (χ3n) is 5.50. The summed E-state index contributed by atoms with van der Waals surface area (Å²) in [6, 6.07) is 23.7. The third kappa shape index (κ3) is 5.06. The molecule has 0 radical (unpaired) electrons. The number of rotatable bonds is 9. The molecule has 0 spiro atoms. The highest BCUT2D eigenvalue weighted by Gasteiger charge is 2.18. The Hall–Kier alpha value is -4.06. The molecule has 6 nitrogen and oxygen atoms in total. The predicted molar refractivity (Wildman–Crippen MR) is 126 cm³/mol. The molecule has 0 saturated heterocycles. The second kappa shape index (κ2) is 10.0. The summed E-state index contributed by atoms with van der Waals surface area (Å²) < 4.78 is 1.80. The maximum atomic E-state index is 12.8. The summed E-state index contributed by atoms with van der Waals surface area (Å²) in [6.07, 6.45) is 2.73. The zero-order valence-corrected chi connectivity index (χ0v) is 18.4. The summed E-state index contributed by atoms with van der Waals surface area (Å²) in [5.74, 6) is -0.142. The predicted octanol–water partition coefficient (Wildman–Crippen LogP) is 5.27. The van der Waals surface area contributed by atoms with E-state index < -0.39 is 5.97 Å². The molecular formula is C27H25N3O3. The molecule has 0 atom stereocenters. The molecule has 33 heavy (non-hydrogen) atoms. The molecule has 0 fully saturated rings. The maximum Gasteiger partial charge on any atom is 0.336 e. The minimum atomic E-state index is -0.950. The highest BCUT2D eigenvalue weighted by atomic mass is 16.4. The monoisotopic (exact) mass is 439 g/mol. The van der Waals surface area contributed by atoms with Gasteiger partial charge in [-0.25, -0.2) is 14.5 Å². The van der Waals surface area contributed by atoms with Gasteiger partial charge in [0.2, 0.25) is 11.6 Å². The zero-order valence-electron chi connectivity index (χ0n) is 18.4. The van der Waals surface area contributed by atoms with Crippen LogP contribution in [0.5, 0.6) is 0 Å². The van der Waals surface area contributed by atoms with E-state index >= 15 is 0 Å². The van der Waals surface area contributed by atoms with Crippen molar-refractivity contribution in [3.05, 3.63) is 107 Å². The zero-order chi connectivity index (χ0) is 23.2. The number of nitrogens with zero attached hydrogens (tertiary/aromatic N) is 3. The average molecular weight is 440 g/mol. The third-order valence-corrected chi connectivity index (χ3v) is 5.50. The van der Waals surface area contributed by atoms with Crippen LogP contribution >= 0.6 is 0 Å². The molecule has 6 heteroatoms. The number of hydrogen-bond donors (Lipinski definition) is 1. The van der Waals surface area contributed by atoms with Crippen LogP contribution in [0.4, 0.5) is 0 Å². The summed E-state index contributed by atoms with van der Waals surface area (Å²) >= 11 is 0. The first-order valence-corrected chi connectivity index (χ1v) is 11.0. The first kappa shape index (κ1) is 22.1. The topological polar surface area (TPSA) is 85.1 Å². The summed E-state index contributed by atoms with van der Waals surface area (Å²) in [5, 5.41) is 14.0. The van der Waals surface area contributed by atoms with E-state index in [4.69, 9.17) is 0 Å². The van der Waals surface area contributed by atoms with E-state index in [-0.39, 0.29) is 17.2 Å². The van der Waals surface area contributed by atoms with Crippen LogP contribution in [-0.4, -0.2) is 31.6 Å². The molecule has 1 N–H and O–H groups in total. The molecule has 0 aliphatic heterocycles. The molecule has 1 heterocycles. The van der Waals surface area contributed by atoms with Crippen LogP contribution in [-0.2, 0) is 13.0 Å². The molecule has 3 aromatic carbocycles. The Labute approximate surface area is 192 Å². The highest BCUT2D eigenvalue weighted by molar-refractivity contribution is 6.06. The first-order chi connectivity index (χ1) is 16.1. The molecular weight excluding hydrogens is 414 g/mol. The van der Waals surface area contributed by atoms with Gasteiger partial charge in [-0.05, 0) is 29.2 Å². The Morgan fingerprint density at radius 3 is 2.30 bits per heavy atom. The van der Waals surface area contributed by atoms with Crippen LogP contribution in [0.15, 0.2) is 78.9 Å². The largest absolute Gasteiger partial charge is 0.478 e. The molecule has 0 bridgehead atoms. The van der Waals surface area contributed by atoms with Crippen LogP contribution in [0.25, 0.3) is 11.1 Å². The number of carbonyl (C=O) groups is 2. The fourth-order valence-corrected chi connectivity index (χ4v) is 3.72. The van der Waals surface area contributed by atoms with Crippen molar-refractivity contribution >= 4 is 11.8 Å². The van der Waals surface area contributed by atoms with Crippen molar-refractivity contribution in [3.63, 3.8) is 0 Å². The van der Waals surface area contributed by atoms with Gasteiger partial charge in [0.05, 0.1) is 12.1 Å². The lowest BCUT2D eigenvalue weighted by Gasteiger charge is -2.09. The van der Waals surface area contributed by atoms with Crippen LogP contribution in [0.3, 0.4) is 0 Å². The number of benzene rings is 3. The van der Waals surface area contributed by atoms with E-state index in [1.165, 1.54) is 0 Å². The van der Waals surface area contributed by atoms with Crippen LogP contribution in [0.2, 0.25) is 0 Å². The van der Waals surface area contributed by atoms with Crippen molar-refractivity contribution in [1.29, 1.82) is 0 Å². The SMILES string of the molecule is CCCCc1nc(C(=O)c2ccccc2)nn1Cc1ccc(-c2ccccc2C(=O)O)cc1. The average Bonchev–Trinajstić information content (AvgIpc) is 3.25. The Balaban J connectivity index is 1.60. The standard InChI is InChI=1S/C27H25N3O3/c1-2-3-13-24-28-26(25(31)21-9-5-4-6-10-21)29-30(24)18-19-14-16-20(17-15-19)22-11-7-8-12-23(22)27(32)33/h4-12,14-17H,2-3,13,18H2,1H3,(H,32,33). The summed E-state index contributed by atoms with van der Waals surface area (Å²) in [7, 11) is 0. The van der Waals surface area contributed by atoms with Gasteiger partial charge < -0.3 is 5.11 Å². The second-order valence-electron chi connectivity index (χ2n) is 7.86. The van der Waals surface area contributed by atoms with Gasteiger partial charge in [-0.1, -0.05) is 86.1 Å². The molecule has 0 aliphatic rings. The Morgan fingerprint density at radius 2 is 1.61 bits per heavy atom. The van der Waals surface area contributed by atoms with E-state index in [9.17, 15) is 14.7 Å². The van der Waals surface area contributed by atoms with E-state index in [0.717, 1.165) is 36.2 Å². The number of aromatic carboxylic acids is 1. The Morgan fingerprint density at radius 1 is 0.909 bits per heavy atom. The molecule has 0 aliphatic carbocycles. The van der Waals surface area contributed by atoms with Crippen LogP contribution < -0.4 is 0 Å². The minimum Gasteiger partial charge on any atom is -0.478 e. The number of hydrogen-bond acceptors (Lipinski definition) is 4. The van der Waals surface area contributed by atoms with Gasteiger partial charge in [-0.15, -0.1) is 5.10 Å². The van der Waals surface area contributed by atoms with Gasteiger partial charge in [0.25, 0.3) is 0 Å². The van der Waals surface area contributed by atoms with E-state index in [1.807, 2.05) is 48.5 Å². The van der Waals surface area contributed by atoms with E-state index in [1.54, 1.807) is 35.0 Å². The fourth-order valence-electron chi connectivity index (χ4n) is 3.72. The summed E-state index contributed by atoms with van der Waals surface area (Å²) in [6.45, 7) is 2.60. The van der Waals surface area contributed by atoms with Crippen LogP contribution in [0, 0.1) is 0 Å². The van der Waals surface area contributed by atoms with Crippen molar-refractivity contribution < 1.29 is 14.7 Å². The number of ketones is 1. The first-order valence-electron chi connectivity index (χ1n) is 11.0. The number of carboxylic acid groups (broad SMARTS) is 1. The highest BCUT2D eigenvalue weighted by Crippen LogP contribution is 2.24. The van der Waals surface area contributed by atoms with Gasteiger partial charge in [0.1, 0.15) is 5.82 Å². The van der Waals surface area contributed by atoms with E-state index in [2.05, 4.69) is 17.0 Å². The second-order valence-corrected chi connectivity index (χ2v) is 7.86. The maximum absolute atomic E-state index is 12.8. The van der Waals surface area contributed by atoms with E-state index in [0.29, 0.717) is 17.7 Å². The van der Waals surface area contributed by atoms with Crippen molar-refractivity contribution in [2.24, 2.45) is 0 Å². The Bertz CT molecular complexity index is 1260. The molecule has 166 valence electrons. The molecule has 4 rings (SSSR count). The van der Waals surface area contributed by atoms with Gasteiger partial charge in [0, 0.05) is 12.0 Å².